The van der Waals surface area contributed by atoms with Crippen LogP contribution in [0.5, 0.6) is 0 Å². The second kappa shape index (κ2) is 7.24. The molecule has 1 saturated heterocycles. The summed E-state index contributed by atoms with van der Waals surface area (Å²) in [7, 11) is 0. The van der Waals surface area contributed by atoms with E-state index in [0.717, 1.165) is 12.5 Å². The molecule has 1 fully saturated rings. The summed E-state index contributed by atoms with van der Waals surface area (Å²) in [5.41, 5.74) is 4.38. The molecule has 0 radical (unpaired) electrons. The van der Waals surface area contributed by atoms with Gasteiger partial charge in [-0.05, 0) is 62.4 Å². The molecule has 0 spiro atoms. The maximum atomic E-state index is 3.59. The van der Waals surface area contributed by atoms with Crippen LogP contribution in [0.3, 0.4) is 0 Å². The molecule has 0 amide bonds. The zero-order chi connectivity index (χ0) is 14.5. The van der Waals surface area contributed by atoms with Gasteiger partial charge in [0.15, 0.2) is 0 Å². The maximum Gasteiger partial charge on any atom is 0.0236 e. The second-order valence-electron chi connectivity index (χ2n) is 6.67. The van der Waals surface area contributed by atoms with E-state index in [-0.39, 0.29) is 0 Å². The molecule has 1 N–H and O–H groups in total. The van der Waals surface area contributed by atoms with Crippen LogP contribution in [0.2, 0.25) is 0 Å². The molecule has 112 valence electrons. The lowest BCUT2D eigenvalue weighted by Gasteiger charge is -2.33. The van der Waals surface area contributed by atoms with Gasteiger partial charge in [0.05, 0.1) is 0 Å². The van der Waals surface area contributed by atoms with Crippen molar-refractivity contribution in [1.29, 1.82) is 0 Å². The van der Waals surface area contributed by atoms with Crippen molar-refractivity contribution in [2.45, 2.75) is 53.1 Å². The van der Waals surface area contributed by atoms with Gasteiger partial charge in [0.25, 0.3) is 0 Å². The number of benzene rings is 1. The van der Waals surface area contributed by atoms with Gasteiger partial charge in [-0.3, -0.25) is 4.90 Å². The normalized spacial score (nSPS) is 20.6. The molecule has 1 aromatic carbocycles. The smallest absolute Gasteiger partial charge is 0.0236 e. The van der Waals surface area contributed by atoms with Crippen LogP contribution in [0.1, 0.15) is 43.4 Å². The van der Waals surface area contributed by atoms with Gasteiger partial charge in [0.1, 0.15) is 0 Å². The zero-order valence-corrected chi connectivity index (χ0v) is 13.6. The van der Waals surface area contributed by atoms with Crippen LogP contribution in [0.4, 0.5) is 0 Å². The molecule has 1 aromatic rings. The SMILES string of the molecule is Cc1cccc(CN2CCCC(CNC(C)C)C2)c1C. The minimum Gasteiger partial charge on any atom is -0.314 e. The third-order valence-electron chi connectivity index (χ3n) is 4.53. The Labute approximate surface area is 124 Å². The lowest BCUT2D eigenvalue weighted by molar-refractivity contribution is 0.163. The predicted molar refractivity (Wildman–Crippen MR) is 87.1 cm³/mol. The summed E-state index contributed by atoms with van der Waals surface area (Å²) < 4.78 is 0. The summed E-state index contributed by atoms with van der Waals surface area (Å²) in [4.78, 5) is 2.64. The van der Waals surface area contributed by atoms with Crippen LogP contribution < -0.4 is 5.32 Å². The number of piperidine rings is 1. The third-order valence-corrected chi connectivity index (χ3v) is 4.53. The minimum absolute atomic E-state index is 0.601. The highest BCUT2D eigenvalue weighted by atomic mass is 15.1. The van der Waals surface area contributed by atoms with E-state index < -0.39 is 0 Å². The number of likely N-dealkylation sites (tertiary alicyclic amines) is 1. The first-order chi connectivity index (χ1) is 9.56. The van der Waals surface area contributed by atoms with Crippen LogP contribution >= 0.6 is 0 Å². The Bertz CT molecular complexity index is 425. The van der Waals surface area contributed by atoms with Crippen molar-refractivity contribution < 1.29 is 0 Å². The van der Waals surface area contributed by atoms with Crippen LogP contribution in [0.15, 0.2) is 18.2 Å². The van der Waals surface area contributed by atoms with Crippen LogP contribution in [-0.2, 0) is 6.54 Å². The van der Waals surface area contributed by atoms with Gasteiger partial charge in [0, 0.05) is 19.1 Å². The molecular weight excluding hydrogens is 244 g/mol. The summed E-state index contributed by atoms with van der Waals surface area (Å²) >= 11 is 0. The van der Waals surface area contributed by atoms with Crippen LogP contribution in [-0.4, -0.2) is 30.6 Å². The maximum absolute atomic E-state index is 3.59. The van der Waals surface area contributed by atoms with E-state index in [0.29, 0.717) is 6.04 Å². The van der Waals surface area contributed by atoms with Gasteiger partial charge in [-0.25, -0.2) is 0 Å². The topological polar surface area (TPSA) is 15.3 Å². The fourth-order valence-electron chi connectivity index (χ4n) is 3.09. The molecule has 2 heteroatoms. The molecule has 2 nitrogen and oxygen atoms in total. The number of nitrogens with zero attached hydrogens (tertiary/aromatic N) is 1. The molecule has 1 unspecified atom stereocenters. The Morgan fingerprint density at radius 2 is 2.10 bits per heavy atom. The lowest BCUT2D eigenvalue weighted by atomic mass is 9.96. The van der Waals surface area contributed by atoms with Crippen molar-refractivity contribution in [3.8, 4) is 0 Å². The number of hydrogen-bond acceptors (Lipinski definition) is 2. The summed E-state index contributed by atoms with van der Waals surface area (Å²) in [6.07, 6.45) is 2.72. The molecule has 0 saturated carbocycles. The molecule has 0 aliphatic carbocycles. The van der Waals surface area contributed by atoms with Crippen molar-refractivity contribution in [3.05, 3.63) is 34.9 Å². The van der Waals surface area contributed by atoms with Gasteiger partial charge in [-0.2, -0.15) is 0 Å². The first kappa shape index (κ1) is 15.5. The van der Waals surface area contributed by atoms with E-state index in [9.17, 15) is 0 Å². The fraction of sp³-hybridized carbons (Fsp3) is 0.667. The number of nitrogens with one attached hydrogen (secondary N) is 1. The molecule has 1 heterocycles. The fourth-order valence-corrected chi connectivity index (χ4v) is 3.09. The van der Waals surface area contributed by atoms with E-state index in [1.165, 1.54) is 49.2 Å². The molecule has 1 aliphatic heterocycles. The van der Waals surface area contributed by atoms with Gasteiger partial charge >= 0.3 is 0 Å². The first-order valence-electron chi connectivity index (χ1n) is 8.07. The largest absolute Gasteiger partial charge is 0.314 e. The summed E-state index contributed by atoms with van der Waals surface area (Å²) in [6.45, 7) is 13.7. The van der Waals surface area contributed by atoms with E-state index in [4.69, 9.17) is 0 Å². The van der Waals surface area contributed by atoms with Gasteiger partial charge < -0.3 is 5.32 Å². The van der Waals surface area contributed by atoms with Crippen molar-refractivity contribution in [2.24, 2.45) is 5.92 Å². The van der Waals surface area contributed by atoms with Crippen LogP contribution in [0, 0.1) is 19.8 Å². The van der Waals surface area contributed by atoms with Crippen molar-refractivity contribution in [1.82, 2.24) is 10.2 Å². The summed E-state index contributed by atoms with van der Waals surface area (Å²) in [5, 5.41) is 3.59. The molecule has 2 rings (SSSR count). The van der Waals surface area contributed by atoms with E-state index in [1.54, 1.807) is 0 Å². The second-order valence-corrected chi connectivity index (χ2v) is 6.67. The van der Waals surface area contributed by atoms with Gasteiger partial charge in [-0.1, -0.05) is 32.0 Å². The predicted octanol–water partition coefficient (Wildman–Crippen LogP) is 3.51. The van der Waals surface area contributed by atoms with E-state index in [2.05, 4.69) is 56.1 Å². The van der Waals surface area contributed by atoms with Crippen LogP contribution in [0.25, 0.3) is 0 Å². The average molecular weight is 274 g/mol. The molecule has 1 atom stereocenters. The van der Waals surface area contributed by atoms with Crippen molar-refractivity contribution >= 4 is 0 Å². The zero-order valence-electron chi connectivity index (χ0n) is 13.6. The van der Waals surface area contributed by atoms with E-state index >= 15 is 0 Å². The number of rotatable bonds is 5. The molecular formula is C18H30N2. The Kier molecular flexibility index (Phi) is 5.62. The Morgan fingerprint density at radius 1 is 1.30 bits per heavy atom. The average Bonchev–Trinajstić information content (AvgIpc) is 2.42. The quantitative estimate of drug-likeness (QED) is 0.884. The molecule has 0 bridgehead atoms. The Balaban J connectivity index is 1.91. The van der Waals surface area contributed by atoms with Crippen molar-refractivity contribution in [2.75, 3.05) is 19.6 Å². The van der Waals surface area contributed by atoms with E-state index in [1.807, 2.05) is 0 Å². The monoisotopic (exact) mass is 274 g/mol. The molecule has 0 aromatic heterocycles. The Morgan fingerprint density at radius 3 is 2.85 bits per heavy atom. The highest BCUT2D eigenvalue weighted by Crippen LogP contribution is 2.20. The number of hydrogen-bond donors (Lipinski definition) is 1. The lowest BCUT2D eigenvalue weighted by Crippen LogP contribution is -2.40. The Hall–Kier alpha value is -0.860. The molecule has 20 heavy (non-hydrogen) atoms. The summed E-state index contributed by atoms with van der Waals surface area (Å²) in [6, 6.07) is 7.30. The minimum atomic E-state index is 0.601. The third kappa shape index (κ3) is 4.32. The summed E-state index contributed by atoms with van der Waals surface area (Å²) in [5.74, 6) is 0.816. The number of aryl methyl sites for hydroxylation is 1. The first-order valence-corrected chi connectivity index (χ1v) is 8.07. The van der Waals surface area contributed by atoms with Gasteiger partial charge in [-0.15, -0.1) is 0 Å². The van der Waals surface area contributed by atoms with Gasteiger partial charge in [0.2, 0.25) is 0 Å². The van der Waals surface area contributed by atoms with Crippen molar-refractivity contribution in [3.63, 3.8) is 0 Å². The highest BCUT2D eigenvalue weighted by Gasteiger charge is 2.20. The highest BCUT2D eigenvalue weighted by molar-refractivity contribution is 5.33. The standard InChI is InChI=1S/C18H30N2/c1-14(2)19-11-17-8-6-10-20(12-17)13-18-9-5-7-15(3)16(18)4/h5,7,9,14,17,19H,6,8,10-13H2,1-4H3. The molecule has 1 aliphatic rings.